The Morgan fingerprint density at radius 1 is 0.385 bits per heavy atom. The van der Waals surface area contributed by atoms with E-state index in [0.29, 0.717) is 89.6 Å². The highest BCUT2D eigenvalue weighted by Gasteiger charge is 2.56. The van der Waals surface area contributed by atoms with Crippen molar-refractivity contribution in [3.8, 4) is 0 Å². The summed E-state index contributed by atoms with van der Waals surface area (Å²) in [6.07, 6.45) is 15.4. The highest BCUT2D eigenvalue weighted by Crippen LogP contribution is 2.58. The highest BCUT2D eigenvalue weighted by molar-refractivity contribution is 5.88. The van der Waals surface area contributed by atoms with Gasteiger partial charge in [-0.15, -0.1) is 0 Å². The SMILES string of the molecule is CC(C)C[C@@H]1CCN(C(C)C)C1.CC(C)C[C@H]1CN(C(C)C)CC12CC2.CC(C)C[C@H]1CN(C(C)C)CC1=O.CC(C)C[C@]1(C)CCN(C(C)C)C1.CC(C)N[C@@H]1CCN(C(C)C)C1.CC(C)N[C@H]1CN(C(C)C)CC12CC2.CC(C)N[C@H]1CN(C(C)C)CC1=O. The average Bonchev–Trinajstić information content (AvgIpc) is 1.60. The minimum absolute atomic E-state index is 0.0578. The maximum absolute atomic E-state index is 11.6. The maximum atomic E-state index is 11.6. The lowest BCUT2D eigenvalue weighted by atomic mass is 9.81. The summed E-state index contributed by atoms with van der Waals surface area (Å²) in [5.74, 6) is 6.31. The number of hydrogen-bond acceptors (Lipinski definition) is 12. The lowest BCUT2D eigenvalue weighted by Crippen LogP contribution is -2.41. The van der Waals surface area contributed by atoms with Gasteiger partial charge in [-0.25, -0.2) is 0 Å². The Bertz CT molecular complexity index is 1870. The fraction of sp³-hybridized carbons (Fsp3) is 0.975. The first-order valence-electron chi connectivity index (χ1n) is 38.7. The molecule has 0 radical (unpaired) electrons. The van der Waals surface area contributed by atoms with E-state index >= 15 is 0 Å². The van der Waals surface area contributed by atoms with Crippen LogP contribution in [0.5, 0.6) is 0 Å². The summed E-state index contributed by atoms with van der Waals surface area (Å²) >= 11 is 0. The van der Waals surface area contributed by atoms with Crippen LogP contribution in [0.4, 0.5) is 0 Å². The summed E-state index contributed by atoms with van der Waals surface area (Å²) < 4.78 is 0. The molecule has 0 aromatic rings. The second-order valence-electron chi connectivity index (χ2n) is 36.1. The summed E-state index contributed by atoms with van der Waals surface area (Å²) in [6.45, 7) is 81.9. The molecule has 7 aliphatic heterocycles. The van der Waals surface area contributed by atoms with Crippen LogP contribution < -0.4 is 16.0 Å². The lowest BCUT2D eigenvalue weighted by Gasteiger charge is -2.28. The van der Waals surface area contributed by atoms with Crippen LogP contribution in [0, 0.1) is 57.7 Å². The van der Waals surface area contributed by atoms with Gasteiger partial charge in [0.25, 0.3) is 0 Å². The summed E-state index contributed by atoms with van der Waals surface area (Å²) in [5, 5.41) is 10.6. The Kier molecular flexibility index (Phi) is 36.5. The van der Waals surface area contributed by atoms with Crippen molar-refractivity contribution in [3.63, 3.8) is 0 Å². The Labute approximate surface area is 567 Å². The molecule has 12 nitrogen and oxygen atoms in total. The van der Waals surface area contributed by atoms with E-state index in [9.17, 15) is 9.59 Å². The molecule has 12 heteroatoms. The second-order valence-corrected chi connectivity index (χ2v) is 36.1. The smallest absolute Gasteiger partial charge is 0.164 e. The molecular weight excluding hydrogens is 1120 g/mol. The van der Waals surface area contributed by atoms with Gasteiger partial charge in [-0.3, -0.25) is 29.2 Å². The average molecular weight is 1280 g/mol. The minimum atomic E-state index is 0.0578. The van der Waals surface area contributed by atoms with Gasteiger partial charge in [0.15, 0.2) is 11.6 Å². The van der Waals surface area contributed by atoms with E-state index in [2.05, 4.69) is 251 Å². The number of hydrogen-bond donors (Lipinski definition) is 3. The van der Waals surface area contributed by atoms with Gasteiger partial charge in [-0.2, -0.15) is 0 Å². The topological polar surface area (TPSA) is 92.9 Å². The van der Waals surface area contributed by atoms with E-state index in [1.165, 1.54) is 130 Å². The first kappa shape index (κ1) is 84.2. The van der Waals surface area contributed by atoms with E-state index in [0.717, 1.165) is 84.7 Å². The zero-order valence-corrected chi connectivity index (χ0v) is 66.2. The zero-order valence-electron chi connectivity index (χ0n) is 66.2. The van der Waals surface area contributed by atoms with Crippen LogP contribution in [0.1, 0.15) is 271 Å². The van der Waals surface area contributed by atoms with Gasteiger partial charge >= 0.3 is 0 Å². The molecule has 9 fully saturated rings. The van der Waals surface area contributed by atoms with E-state index in [1.54, 1.807) is 0 Å². The number of nitrogens with one attached hydrogen (secondary N) is 3. The lowest BCUT2D eigenvalue weighted by molar-refractivity contribution is -0.120. The molecule has 7 heterocycles. The van der Waals surface area contributed by atoms with Gasteiger partial charge in [0.05, 0.1) is 19.1 Å². The van der Waals surface area contributed by atoms with Crippen LogP contribution in [0.3, 0.4) is 0 Å². The summed E-state index contributed by atoms with van der Waals surface area (Å²) in [4.78, 5) is 40.7. The number of nitrogens with zero attached hydrogens (tertiary/aromatic N) is 7. The van der Waals surface area contributed by atoms with Crippen molar-refractivity contribution in [1.29, 1.82) is 0 Å². The molecule has 3 N–H and O–H groups in total. The molecule has 9 rings (SSSR count). The third-order valence-corrected chi connectivity index (χ3v) is 21.8. The third-order valence-electron chi connectivity index (χ3n) is 21.8. The van der Waals surface area contributed by atoms with Crippen LogP contribution in [0.2, 0.25) is 0 Å². The quantitative estimate of drug-likeness (QED) is 0.102. The Morgan fingerprint density at radius 2 is 0.835 bits per heavy atom. The molecule has 0 aromatic heterocycles. The predicted octanol–water partition coefficient (Wildman–Crippen LogP) is 15.0. The molecule has 91 heavy (non-hydrogen) atoms. The van der Waals surface area contributed by atoms with Crippen LogP contribution in [0.25, 0.3) is 0 Å². The molecule has 7 saturated heterocycles. The van der Waals surface area contributed by atoms with Crippen molar-refractivity contribution >= 4 is 11.6 Å². The van der Waals surface area contributed by atoms with Crippen LogP contribution >= 0.6 is 0 Å². The molecule has 0 unspecified atom stereocenters. The fourth-order valence-electron chi connectivity index (χ4n) is 16.1. The summed E-state index contributed by atoms with van der Waals surface area (Å²) in [7, 11) is 0. The van der Waals surface area contributed by atoms with Crippen LogP contribution in [0.15, 0.2) is 0 Å². The maximum Gasteiger partial charge on any atom is 0.164 e. The van der Waals surface area contributed by atoms with Gasteiger partial charge in [-0.1, -0.05) is 104 Å². The van der Waals surface area contributed by atoms with Crippen molar-refractivity contribution in [2.75, 3.05) is 91.6 Å². The van der Waals surface area contributed by atoms with Gasteiger partial charge in [0, 0.05) is 137 Å². The predicted molar refractivity (Wildman–Crippen MR) is 397 cm³/mol. The van der Waals surface area contributed by atoms with Gasteiger partial charge in [-0.05, 0) is 239 Å². The van der Waals surface area contributed by atoms with Gasteiger partial charge in [0.1, 0.15) is 0 Å². The summed E-state index contributed by atoms with van der Waals surface area (Å²) in [6, 6.07) is 7.84. The number of Topliss-reactive ketones (excluding diaryl/α,β-unsaturated/α-hetero) is 2. The molecule has 9 aliphatic rings. The number of ketones is 2. The van der Waals surface area contributed by atoms with Crippen LogP contribution in [-0.2, 0) is 9.59 Å². The first-order valence-corrected chi connectivity index (χ1v) is 38.7. The second kappa shape index (κ2) is 39.5. The minimum Gasteiger partial charge on any atom is -0.310 e. The molecular formula is C79H160N10O2. The van der Waals surface area contributed by atoms with E-state index in [-0.39, 0.29) is 6.04 Å². The number of carbonyl (C=O) groups excluding carboxylic acids is 2. The number of likely N-dealkylation sites (tertiary alicyclic amines) is 7. The number of carbonyl (C=O) groups is 2. The first-order chi connectivity index (χ1) is 42.2. The molecule has 2 saturated carbocycles. The molecule has 0 amide bonds. The van der Waals surface area contributed by atoms with Crippen molar-refractivity contribution in [3.05, 3.63) is 0 Å². The van der Waals surface area contributed by atoms with Crippen LogP contribution in [-0.4, -0.2) is 216 Å². The van der Waals surface area contributed by atoms with E-state index in [1.807, 2.05) is 0 Å². The molecule has 0 aromatic carbocycles. The Balaban J connectivity index is 0.000000277. The largest absolute Gasteiger partial charge is 0.310 e. The Morgan fingerprint density at radius 3 is 1.24 bits per heavy atom. The standard InChI is InChI=1S/C13H25N.C12H24N2.C12H25N.C11H21NO.C11H23N.C10H20N2O.C10H22N2/c1-10(2)7-12-8-14(11(3)4)9-13(12)5-6-13;1-9(2)13-11-7-14(10(3)4)8-12(11)5-6-12;1-10(2)8-12(5)6-7-13(9-12)11(3)4;1-8(2)5-10-6-12(9(3)4)7-11(10)13;1-9(2)7-11-5-6-12(8-11)10(3)4;1-7(2)11-9-5-12(8(3)4)6-10(9)13;1-8(2)11-10-5-6-12(7-10)9(3)4/h10-12H,5-9H2,1-4H3;9-11,13H,5-8H2,1-4H3;10-11H,6-9H2,1-5H3;8-10H,5-7H2,1-4H3;9-11H,5-8H2,1-4H3;7-9,11H,5-6H2,1-4H3;8-11H,5-7H2,1-4H3/t12-;11-;12-;10-;11-;9-;10-/m0000001/s1. The van der Waals surface area contributed by atoms with Gasteiger partial charge in [0.2, 0.25) is 0 Å². The third kappa shape index (κ3) is 30.3. The highest BCUT2D eigenvalue weighted by atomic mass is 16.1. The van der Waals surface area contributed by atoms with Gasteiger partial charge < -0.3 is 30.7 Å². The monoisotopic (exact) mass is 1280 g/mol. The molecule has 7 atom stereocenters. The van der Waals surface area contributed by atoms with E-state index in [4.69, 9.17) is 0 Å². The molecule has 0 bridgehead atoms. The molecule has 2 spiro atoms. The van der Waals surface area contributed by atoms with Crippen molar-refractivity contribution in [1.82, 2.24) is 50.2 Å². The molecule has 538 valence electrons. The van der Waals surface area contributed by atoms with E-state index < -0.39 is 0 Å². The Hall–Kier alpha value is -1.06. The van der Waals surface area contributed by atoms with Crippen molar-refractivity contribution in [2.24, 2.45) is 57.7 Å². The fourth-order valence-corrected chi connectivity index (χ4v) is 16.1. The zero-order chi connectivity index (χ0) is 69.0. The normalized spacial score (nSPS) is 27.9. The molecule has 2 aliphatic carbocycles. The van der Waals surface area contributed by atoms with Crippen molar-refractivity contribution < 1.29 is 9.59 Å². The number of rotatable bonds is 21. The van der Waals surface area contributed by atoms with Crippen molar-refractivity contribution in [2.45, 2.75) is 350 Å². The summed E-state index contributed by atoms with van der Waals surface area (Å²) in [5.41, 5.74) is 2.03.